The van der Waals surface area contributed by atoms with Crippen molar-refractivity contribution < 1.29 is 9.47 Å². The van der Waals surface area contributed by atoms with E-state index in [4.69, 9.17) is 9.47 Å². The lowest BCUT2D eigenvalue weighted by atomic mass is 10.1. The van der Waals surface area contributed by atoms with Crippen molar-refractivity contribution >= 4 is 11.0 Å². The number of H-pyrrole nitrogens is 1. The second-order valence-electron chi connectivity index (χ2n) is 5.82. The first-order valence-corrected chi connectivity index (χ1v) is 7.73. The second kappa shape index (κ2) is 6.35. The van der Waals surface area contributed by atoms with Crippen LogP contribution in [0, 0.1) is 13.8 Å². The highest BCUT2D eigenvalue weighted by Crippen LogP contribution is 2.25. The van der Waals surface area contributed by atoms with Gasteiger partial charge in [-0.05, 0) is 55.3 Å². The molecule has 0 fully saturated rings. The van der Waals surface area contributed by atoms with Crippen LogP contribution in [0.2, 0.25) is 0 Å². The highest BCUT2D eigenvalue weighted by molar-refractivity contribution is 5.76. The van der Waals surface area contributed by atoms with Gasteiger partial charge < -0.3 is 14.5 Å². The van der Waals surface area contributed by atoms with Gasteiger partial charge in [0, 0.05) is 12.0 Å². The largest absolute Gasteiger partial charge is 0.497 e. The maximum atomic E-state index is 12.4. The Balaban J connectivity index is 2.09. The molecule has 0 saturated carbocycles. The number of aromatic amines is 1. The Labute approximate surface area is 140 Å². The highest BCUT2D eigenvalue weighted by Gasteiger charge is 2.11. The van der Waals surface area contributed by atoms with Crippen molar-refractivity contribution in [3.8, 4) is 11.5 Å². The maximum absolute atomic E-state index is 12.4. The molecule has 5 nitrogen and oxygen atoms in total. The summed E-state index contributed by atoms with van der Waals surface area (Å²) in [5.74, 6) is 1.42. The third-order valence-corrected chi connectivity index (χ3v) is 4.22. The number of nitrogens with one attached hydrogen (secondary N) is 1. The number of aromatic nitrogens is 2. The molecule has 124 valence electrons. The van der Waals surface area contributed by atoms with Crippen molar-refractivity contribution in [2.24, 2.45) is 0 Å². The highest BCUT2D eigenvalue weighted by atomic mass is 16.5. The lowest BCUT2D eigenvalue weighted by Crippen LogP contribution is -2.16. The van der Waals surface area contributed by atoms with E-state index in [0.29, 0.717) is 17.9 Å². The van der Waals surface area contributed by atoms with E-state index in [2.05, 4.69) is 9.97 Å². The third-order valence-electron chi connectivity index (χ3n) is 4.22. The Morgan fingerprint density at radius 3 is 2.50 bits per heavy atom. The summed E-state index contributed by atoms with van der Waals surface area (Å²) in [6, 6.07) is 9.47. The second-order valence-corrected chi connectivity index (χ2v) is 5.82. The molecule has 0 atom stereocenters. The van der Waals surface area contributed by atoms with Crippen LogP contribution in [0.1, 0.15) is 22.4 Å². The summed E-state index contributed by atoms with van der Waals surface area (Å²) in [4.78, 5) is 19.9. The SMILES string of the molecule is COc1ccc(OC)c(Cc2nc3cc(C)c(C)cc3[nH]c2=O)c1. The molecular weight excluding hydrogens is 304 g/mol. The van der Waals surface area contributed by atoms with Gasteiger partial charge in [0.15, 0.2) is 0 Å². The van der Waals surface area contributed by atoms with Gasteiger partial charge in [0.25, 0.3) is 5.56 Å². The molecule has 0 aliphatic heterocycles. The fourth-order valence-electron chi connectivity index (χ4n) is 2.70. The lowest BCUT2D eigenvalue weighted by molar-refractivity contribution is 0.399. The van der Waals surface area contributed by atoms with Gasteiger partial charge in [0.05, 0.1) is 25.3 Å². The number of aryl methyl sites for hydroxylation is 2. The molecule has 1 aromatic heterocycles. The number of nitrogens with zero attached hydrogens (tertiary/aromatic N) is 1. The molecule has 0 radical (unpaired) electrons. The normalized spacial score (nSPS) is 10.8. The Hall–Kier alpha value is -2.82. The number of methoxy groups -OCH3 is 2. The van der Waals surface area contributed by atoms with Crippen LogP contribution in [0.4, 0.5) is 0 Å². The van der Waals surface area contributed by atoms with Crippen molar-refractivity contribution in [1.82, 2.24) is 9.97 Å². The number of hydrogen-bond donors (Lipinski definition) is 1. The van der Waals surface area contributed by atoms with Crippen LogP contribution in [0.3, 0.4) is 0 Å². The van der Waals surface area contributed by atoms with E-state index in [1.807, 2.05) is 44.2 Å². The van der Waals surface area contributed by atoms with Crippen LogP contribution >= 0.6 is 0 Å². The summed E-state index contributed by atoms with van der Waals surface area (Å²) in [6.07, 6.45) is 0.374. The van der Waals surface area contributed by atoms with Crippen LogP contribution in [0.25, 0.3) is 11.0 Å². The Kier molecular flexibility index (Phi) is 4.25. The van der Waals surface area contributed by atoms with E-state index in [1.54, 1.807) is 14.2 Å². The summed E-state index contributed by atoms with van der Waals surface area (Å²) in [7, 11) is 3.22. The molecule has 3 aromatic rings. The quantitative estimate of drug-likeness (QED) is 0.801. The van der Waals surface area contributed by atoms with Crippen LogP contribution in [-0.2, 0) is 6.42 Å². The monoisotopic (exact) mass is 324 g/mol. The van der Waals surface area contributed by atoms with Gasteiger partial charge >= 0.3 is 0 Å². The van der Waals surface area contributed by atoms with Crippen molar-refractivity contribution in [1.29, 1.82) is 0 Å². The summed E-state index contributed by atoms with van der Waals surface area (Å²) in [6.45, 7) is 4.05. The van der Waals surface area contributed by atoms with Crippen molar-refractivity contribution in [2.45, 2.75) is 20.3 Å². The first-order chi connectivity index (χ1) is 11.5. The molecule has 0 saturated heterocycles. The zero-order chi connectivity index (χ0) is 17.3. The van der Waals surface area contributed by atoms with Gasteiger partial charge in [0.2, 0.25) is 0 Å². The Bertz CT molecular complexity index is 961. The summed E-state index contributed by atoms with van der Waals surface area (Å²) < 4.78 is 10.6. The van der Waals surface area contributed by atoms with Gasteiger partial charge in [-0.25, -0.2) is 4.98 Å². The van der Waals surface area contributed by atoms with E-state index in [1.165, 1.54) is 0 Å². The molecule has 0 amide bonds. The average molecular weight is 324 g/mol. The van der Waals surface area contributed by atoms with E-state index in [-0.39, 0.29) is 5.56 Å². The lowest BCUT2D eigenvalue weighted by Gasteiger charge is -2.10. The predicted molar refractivity (Wildman–Crippen MR) is 94.2 cm³/mol. The predicted octanol–water partition coefficient (Wildman–Crippen LogP) is 3.15. The minimum atomic E-state index is -0.185. The van der Waals surface area contributed by atoms with Gasteiger partial charge in [0.1, 0.15) is 17.2 Å². The van der Waals surface area contributed by atoms with E-state index < -0.39 is 0 Å². The molecule has 0 unspecified atom stereocenters. The summed E-state index contributed by atoms with van der Waals surface area (Å²) in [5, 5.41) is 0. The molecule has 3 rings (SSSR count). The third kappa shape index (κ3) is 2.97. The zero-order valence-corrected chi connectivity index (χ0v) is 14.3. The number of rotatable bonds is 4. The Morgan fingerprint density at radius 1 is 1.04 bits per heavy atom. The molecule has 2 aromatic carbocycles. The van der Waals surface area contributed by atoms with E-state index >= 15 is 0 Å². The smallest absolute Gasteiger partial charge is 0.270 e. The first-order valence-electron chi connectivity index (χ1n) is 7.73. The number of fused-ring (bicyclic) bond motifs is 1. The fraction of sp³-hybridized carbons (Fsp3) is 0.263. The van der Waals surface area contributed by atoms with Gasteiger partial charge in [-0.1, -0.05) is 0 Å². The number of hydrogen-bond acceptors (Lipinski definition) is 4. The standard InChI is InChI=1S/C19H20N2O3/c1-11-7-15-16(8-12(11)2)21-19(22)17(20-15)10-13-9-14(23-3)5-6-18(13)24-4/h5-9H,10H2,1-4H3,(H,21,22). The molecule has 1 heterocycles. The Morgan fingerprint density at radius 2 is 1.79 bits per heavy atom. The number of ether oxygens (including phenoxy) is 2. The van der Waals surface area contributed by atoms with Crippen LogP contribution in [0.5, 0.6) is 11.5 Å². The van der Waals surface area contributed by atoms with Crippen molar-refractivity contribution in [3.05, 3.63) is 63.1 Å². The molecule has 5 heteroatoms. The molecule has 24 heavy (non-hydrogen) atoms. The molecule has 0 bridgehead atoms. The zero-order valence-electron chi connectivity index (χ0n) is 14.3. The van der Waals surface area contributed by atoms with Gasteiger partial charge in [-0.2, -0.15) is 0 Å². The van der Waals surface area contributed by atoms with E-state index in [9.17, 15) is 4.79 Å². The van der Waals surface area contributed by atoms with Gasteiger partial charge in [-0.3, -0.25) is 4.79 Å². The topological polar surface area (TPSA) is 64.2 Å². The van der Waals surface area contributed by atoms with E-state index in [0.717, 1.165) is 33.5 Å². The summed E-state index contributed by atoms with van der Waals surface area (Å²) >= 11 is 0. The molecule has 1 N–H and O–H groups in total. The first kappa shape index (κ1) is 16.1. The van der Waals surface area contributed by atoms with Crippen LogP contribution in [-0.4, -0.2) is 24.2 Å². The molecule has 0 aliphatic carbocycles. The fourth-order valence-corrected chi connectivity index (χ4v) is 2.70. The van der Waals surface area contributed by atoms with Crippen LogP contribution < -0.4 is 15.0 Å². The summed E-state index contributed by atoms with van der Waals surface area (Å²) in [5.41, 5.74) is 4.94. The molecule has 0 aliphatic rings. The minimum Gasteiger partial charge on any atom is -0.497 e. The minimum absolute atomic E-state index is 0.185. The molecular formula is C19H20N2O3. The number of benzene rings is 2. The molecule has 0 spiro atoms. The van der Waals surface area contributed by atoms with Gasteiger partial charge in [-0.15, -0.1) is 0 Å². The van der Waals surface area contributed by atoms with Crippen molar-refractivity contribution in [3.63, 3.8) is 0 Å². The van der Waals surface area contributed by atoms with Crippen molar-refractivity contribution in [2.75, 3.05) is 14.2 Å². The maximum Gasteiger partial charge on any atom is 0.270 e. The average Bonchev–Trinajstić information content (AvgIpc) is 2.57. The van der Waals surface area contributed by atoms with Crippen LogP contribution in [0.15, 0.2) is 35.1 Å².